The van der Waals surface area contributed by atoms with Gasteiger partial charge >= 0.3 is 0 Å². The van der Waals surface area contributed by atoms with Crippen LogP contribution in [0.25, 0.3) is 61.5 Å². The van der Waals surface area contributed by atoms with Crippen molar-refractivity contribution in [3.63, 3.8) is 0 Å². The molecule has 0 spiro atoms. The van der Waals surface area contributed by atoms with E-state index in [1.165, 1.54) is 50.0 Å². The summed E-state index contributed by atoms with van der Waals surface area (Å²) in [4.78, 5) is 4.66. The molecular formula is C39H32N3+. The fourth-order valence-corrected chi connectivity index (χ4v) is 6.05. The van der Waals surface area contributed by atoms with Crippen LogP contribution in [0, 0.1) is 13.8 Å². The van der Waals surface area contributed by atoms with Gasteiger partial charge in [0.1, 0.15) is 5.69 Å². The maximum Gasteiger partial charge on any atom is 0.296 e. The number of imidazole rings is 1. The van der Waals surface area contributed by atoms with Crippen LogP contribution in [-0.2, 0) is 7.05 Å². The summed E-state index contributed by atoms with van der Waals surface area (Å²) in [5.41, 5.74) is 14.1. The molecule has 7 rings (SSSR count). The van der Waals surface area contributed by atoms with Crippen LogP contribution in [0.1, 0.15) is 11.1 Å². The van der Waals surface area contributed by atoms with Crippen LogP contribution in [0.2, 0.25) is 0 Å². The number of aromatic nitrogens is 3. The number of fused-ring (bicyclic) bond motifs is 1. The predicted molar refractivity (Wildman–Crippen MR) is 173 cm³/mol. The summed E-state index contributed by atoms with van der Waals surface area (Å²) in [7, 11) is 2.17. The third-order valence-electron chi connectivity index (χ3n) is 8.33. The van der Waals surface area contributed by atoms with E-state index in [0.717, 1.165) is 22.6 Å². The van der Waals surface area contributed by atoms with Crippen LogP contribution >= 0.6 is 0 Å². The van der Waals surface area contributed by atoms with Gasteiger partial charge in [-0.3, -0.25) is 4.98 Å². The Morgan fingerprint density at radius 2 is 1.07 bits per heavy atom. The largest absolute Gasteiger partial charge is 0.296 e. The Morgan fingerprint density at radius 3 is 1.67 bits per heavy atom. The number of nitrogens with zero attached hydrogens (tertiary/aromatic N) is 3. The Bertz CT molecular complexity index is 1980. The maximum atomic E-state index is 4.66. The molecule has 3 heteroatoms. The molecule has 0 amide bonds. The molecule has 0 bridgehead atoms. The first-order valence-corrected chi connectivity index (χ1v) is 14.4. The Kier molecular flexibility index (Phi) is 6.48. The summed E-state index contributed by atoms with van der Waals surface area (Å²) in [5.74, 6) is 1.10. The van der Waals surface area contributed by atoms with Gasteiger partial charge in [0.15, 0.2) is 11.0 Å². The van der Waals surface area contributed by atoms with Gasteiger partial charge in [-0.2, -0.15) is 4.57 Å². The average Bonchev–Trinajstić information content (AvgIpc) is 3.34. The zero-order valence-corrected chi connectivity index (χ0v) is 24.1. The molecule has 5 aromatic carbocycles. The molecule has 0 aliphatic heterocycles. The van der Waals surface area contributed by atoms with Crippen molar-refractivity contribution in [3.05, 3.63) is 151 Å². The summed E-state index contributed by atoms with van der Waals surface area (Å²) >= 11 is 0. The van der Waals surface area contributed by atoms with Crippen molar-refractivity contribution in [2.75, 3.05) is 0 Å². The van der Waals surface area contributed by atoms with Crippen molar-refractivity contribution in [1.82, 2.24) is 9.55 Å². The van der Waals surface area contributed by atoms with Gasteiger partial charge in [-0.25, -0.2) is 4.57 Å². The van der Waals surface area contributed by atoms with Gasteiger partial charge in [-0.1, -0.05) is 103 Å². The zero-order valence-electron chi connectivity index (χ0n) is 24.1. The van der Waals surface area contributed by atoms with Crippen LogP contribution in [0.3, 0.4) is 0 Å². The highest BCUT2D eigenvalue weighted by Crippen LogP contribution is 2.43. The standard InChI is InChI=1S/C39H32N3/c1-27-25-40-26-35(28(27)2)39-41(3)36-21-13-14-22-37(36)42(39)38-33(30-17-9-5-10-18-30)23-32(29-15-7-4-8-16-29)24-34(38)31-19-11-6-12-20-31/h4-26H,1-3H3/q+1. The van der Waals surface area contributed by atoms with Crippen LogP contribution in [0.4, 0.5) is 0 Å². The minimum atomic E-state index is 1.10. The average molecular weight is 543 g/mol. The quantitative estimate of drug-likeness (QED) is 0.199. The summed E-state index contributed by atoms with van der Waals surface area (Å²) in [6, 6.07) is 45.6. The van der Waals surface area contributed by atoms with E-state index in [1.54, 1.807) is 0 Å². The Hall–Kier alpha value is -5.28. The molecule has 0 aliphatic rings. The van der Waals surface area contributed by atoms with E-state index < -0.39 is 0 Å². The van der Waals surface area contributed by atoms with Crippen molar-refractivity contribution >= 4 is 11.0 Å². The molecule has 0 atom stereocenters. The van der Waals surface area contributed by atoms with Crippen molar-refractivity contribution < 1.29 is 4.57 Å². The van der Waals surface area contributed by atoms with Gasteiger partial charge < -0.3 is 0 Å². The van der Waals surface area contributed by atoms with Gasteiger partial charge in [0, 0.05) is 23.5 Å². The molecule has 0 fully saturated rings. The van der Waals surface area contributed by atoms with E-state index in [4.69, 9.17) is 0 Å². The van der Waals surface area contributed by atoms with E-state index >= 15 is 0 Å². The normalized spacial score (nSPS) is 11.2. The second kappa shape index (κ2) is 10.6. The summed E-state index contributed by atoms with van der Waals surface area (Å²) in [6.07, 6.45) is 3.96. The summed E-state index contributed by atoms with van der Waals surface area (Å²) in [6.45, 7) is 4.33. The van der Waals surface area contributed by atoms with E-state index in [-0.39, 0.29) is 0 Å². The number of hydrogen-bond donors (Lipinski definition) is 0. The fraction of sp³-hybridized carbons (Fsp3) is 0.0769. The number of benzene rings is 5. The van der Waals surface area contributed by atoms with E-state index in [9.17, 15) is 0 Å². The van der Waals surface area contributed by atoms with Crippen molar-refractivity contribution in [1.29, 1.82) is 0 Å². The third-order valence-corrected chi connectivity index (χ3v) is 8.33. The SMILES string of the molecule is Cc1cncc(-c2n(-c3c(-c4ccccc4)cc(-c4ccccc4)cc3-c3ccccc3)c3ccccc3[n+]2C)c1C. The van der Waals surface area contributed by atoms with E-state index in [1.807, 2.05) is 12.4 Å². The molecule has 0 saturated heterocycles. The van der Waals surface area contributed by atoms with Crippen molar-refractivity contribution in [2.24, 2.45) is 7.05 Å². The van der Waals surface area contributed by atoms with Crippen LogP contribution < -0.4 is 4.57 Å². The van der Waals surface area contributed by atoms with E-state index in [2.05, 4.69) is 162 Å². The smallest absolute Gasteiger partial charge is 0.263 e. The monoisotopic (exact) mass is 542 g/mol. The van der Waals surface area contributed by atoms with Crippen LogP contribution in [-0.4, -0.2) is 9.55 Å². The zero-order chi connectivity index (χ0) is 28.6. The molecular weight excluding hydrogens is 510 g/mol. The highest BCUT2D eigenvalue weighted by Gasteiger charge is 2.31. The first kappa shape index (κ1) is 25.7. The molecule has 0 aliphatic carbocycles. The summed E-state index contributed by atoms with van der Waals surface area (Å²) < 4.78 is 4.77. The van der Waals surface area contributed by atoms with Crippen LogP contribution in [0.5, 0.6) is 0 Å². The fourth-order valence-electron chi connectivity index (χ4n) is 6.05. The maximum absolute atomic E-state index is 4.66. The molecule has 2 aromatic heterocycles. The minimum absolute atomic E-state index is 1.10. The Labute approximate surface area is 247 Å². The van der Waals surface area contributed by atoms with Crippen LogP contribution in [0.15, 0.2) is 140 Å². The number of para-hydroxylation sites is 2. The molecule has 0 N–H and O–H groups in total. The lowest BCUT2D eigenvalue weighted by Crippen LogP contribution is -2.30. The molecule has 7 aromatic rings. The van der Waals surface area contributed by atoms with Gasteiger partial charge in [0.2, 0.25) is 0 Å². The number of hydrogen-bond acceptors (Lipinski definition) is 1. The molecule has 202 valence electrons. The Morgan fingerprint density at radius 1 is 0.548 bits per heavy atom. The van der Waals surface area contributed by atoms with Crippen molar-refractivity contribution in [2.45, 2.75) is 13.8 Å². The third kappa shape index (κ3) is 4.31. The first-order chi connectivity index (χ1) is 20.6. The molecule has 3 nitrogen and oxygen atoms in total. The number of rotatable bonds is 5. The molecule has 2 heterocycles. The van der Waals surface area contributed by atoms with E-state index in [0.29, 0.717) is 0 Å². The Balaban J connectivity index is 1.69. The molecule has 0 radical (unpaired) electrons. The molecule has 42 heavy (non-hydrogen) atoms. The lowest BCUT2D eigenvalue weighted by molar-refractivity contribution is -0.633. The highest BCUT2D eigenvalue weighted by molar-refractivity contribution is 5.94. The molecule has 0 saturated carbocycles. The minimum Gasteiger partial charge on any atom is -0.263 e. The van der Waals surface area contributed by atoms with Gasteiger partial charge in [-0.15, -0.1) is 0 Å². The van der Waals surface area contributed by atoms with Gasteiger partial charge in [-0.05, 0) is 71.5 Å². The first-order valence-electron chi connectivity index (χ1n) is 14.4. The second-order valence-corrected chi connectivity index (χ2v) is 10.9. The lowest BCUT2D eigenvalue weighted by Gasteiger charge is -2.18. The lowest BCUT2D eigenvalue weighted by atomic mass is 9.90. The van der Waals surface area contributed by atoms with Gasteiger partial charge in [0.25, 0.3) is 5.82 Å². The second-order valence-electron chi connectivity index (χ2n) is 10.9. The van der Waals surface area contributed by atoms with Gasteiger partial charge in [0.05, 0.1) is 12.6 Å². The highest BCUT2D eigenvalue weighted by atomic mass is 15.2. The topological polar surface area (TPSA) is 21.7 Å². The number of aryl methyl sites for hydroxylation is 2. The molecule has 0 unspecified atom stereocenters. The van der Waals surface area contributed by atoms with Crippen molar-refractivity contribution in [3.8, 4) is 50.5 Å². The summed E-state index contributed by atoms with van der Waals surface area (Å²) in [5, 5.41) is 0. The number of pyridine rings is 1. The predicted octanol–water partition coefficient (Wildman–Crippen LogP) is 9.13.